The third-order valence-electron chi connectivity index (χ3n) is 1.56. The van der Waals surface area contributed by atoms with Gasteiger partial charge in [0.1, 0.15) is 5.37 Å². The molecule has 2 rings (SSSR count). The van der Waals surface area contributed by atoms with Crippen molar-refractivity contribution in [1.82, 2.24) is 0 Å². The highest BCUT2D eigenvalue weighted by Gasteiger charge is 2.07. The molecule has 2 nitrogen and oxygen atoms in total. The molecule has 1 aliphatic heterocycles. The van der Waals surface area contributed by atoms with Crippen LogP contribution in [-0.4, -0.2) is 11.6 Å². The molecule has 1 atom stereocenters. The van der Waals surface area contributed by atoms with Crippen LogP contribution in [0.1, 0.15) is 0 Å². The molecule has 1 unspecified atom stereocenters. The molecular formula is C8H8N2S. The Kier molecular flexibility index (Phi) is 1.58. The van der Waals surface area contributed by atoms with Gasteiger partial charge in [-0.05, 0) is 12.1 Å². The largest absolute Gasteiger partial charge is 0.367 e. The summed E-state index contributed by atoms with van der Waals surface area (Å²) in [6.07, 6.45) is 1.78. The fraction of sp³-hybridized carbons (Fsp3) is 0.125. The highest BCUT2D eigenvalue weighted by Crippen LogP contribution is 2.27. The molecule has 0 radical (unpaired) electrons. The highest BCUT2D eigenvalue weighted by molar-refractivity contribution is 7.81. The summed E-state index contributed by atoms with van der Waals surface area (Å²) in [5.74, 6) is 0. The number of rotatable bonds is 0. The first-order chi connectivity index (χ1) is 5.36. The minimum atomic E-state index is 0.0462. The zero-order valence-corrected chi connectivity index (χ0v) is 6.75. The van der Waals surface area contributed by atoms with Crippen LogP contribution in [0, 0.1) is 0 Å². The van der Waals surface area contributed by atoms with Crippen LogP contribution in [0.25, 0.3) is 0 Å². The first-order valence-corrected chi connectivity index (χ1v) is 3.96. The summed E-state index contributed by atoms with van der Waals surface area (Å²) in [5.41, 5.74) is 2.04. The monoisotopic (exact) mass is 164 g/mol. The Morgan fingerprint density at radius 2 is 2.18 bits per heavy atom. The normalized spacial score (nSPS) is 20.6. The van der Waals surface area contributed by atoms with Gasteiger partial charge in [-0.15, -0.1) is 12.6 Å². The van der Waals surface area contributed by atoms with E-state index < -0.39 is 0 Å². The molecule has 0 fully saturated rings. The lowest BCUT2D eigenvalue weighted by molar-refractivity contribution is 1.28. The number of nitrogens with one attached hydrogen (secondary N) is 1. The molecule has 0 saturated carbocycles. The summed E-state index contributed by atoms with van der Waals surface area (Å²) in [6.45, 7) is 0. The second-order valence-corrected chi connectivity index (χ2v) is 2.94. The van der Waals surface area contributed by atoms with E-state index in [1.807, 2.05) is 24.3 Å². The van der Waals surface area contributed by atoms with Crippen LogP contribution in [0.3, 0.4) is 0 Å². The number of aliphatic imine (C=N–C) groups is 1. The summed E-state index contributed by atoms with van der Waals surface area (Å²) >= 11 is 4.23. The minimum Gasteiger partial charge on any atom is -0.367 e. The Morgan fingerprint density at radius 3 is 3.09 bits per heavy atom. The predicted octanol–water partition coefficient (Wildman–Crippen LogP) is 2.07. The van der Waals surface area contributed by atoms with Crippen molar-refractivity contribution in [3.05, 3.63) is 24.3 Å². The summed E-state index contributed by atoms with van der Waals surface area (Å²) in [5, 5.41) is 3.22. The van der Waals surface area contributed by atoms with Gasteiger partial charge in [0.05, 0.1) is 11.4 Å². The average molecular weight is 164 g/mol. The van der Waals surface area contributed by atoms with Crippen LogP contribution >= 0.6 is 12.6 Å². The van der Waals surface area contributed by atoms with Crippen LogP contribution in [0.2, 0.25) is 0 Å². The van der Waals surface area contributed by atoms with Crippen LogP contribution in [0.15, 0.2) is 29.3 Å². The van der Waals surface area contributed by atoms with E-state index >= 15 is 0 Å². The average Bonchev–Trinajstić information content (AvgIpc) is 2.04. The summed E-state index contributed by atoms with van der Waals surface area (Å²) in [7, 11) is 0. The van der Waals surface area contributed by atoms with Gasteiger partial charge in [0.15, 0.2) is 0 Å². The van der Waals surface area contributed by atoms with Gasteiger partial charge in [0, 0.05) is 6.21 Å². The topological polar surface area (TPSA) is 24.4 Å². The van der Waals surface area contributed by atoms with E-state index in [2.05, 4.69) is 22.9 Å². The lowest BCUT2D eigenvalue weighted by atomic mass is 10.2. The van der Waals surface area contributed by atoms with Gasteiger partial charge >= 0.3 is 0 Å². The summed E-state index contributed by atoms with van der Waals surface area (Å²) in [4.78, 5) is 4.21. The first-order valence-electron chi connectivity index (χ1n) is 3.44. The smallest absolute Gasteiger partial charge is 0.105 e. The zero-order chi connectivity index (χ0) is 7.68. The number of hydrogen-bond acceptors (Lipinski definition) is 3. The first kappa shape index (κ1) is 6.73. The molecular weight excluding hydrogens is 156 g/mol. The molecule has 0 aromatic heterocycles. The number of para-hydroxylation sites is 2. The van der Waals surface area contributed by atoms with E-state index in [4.69, 9.17) is 0 Å². The van der Waals surface area contributed by atoms with Crippen molar-refractivity contribution in [1.29, 1.82) is 0 Å². The summed E-state index contributed by atoms with van der Waals surface area (Å²) < 4.78 is 0. The van der Waals surface area contributed by atoms with Crippen LogP contribution in [-0.2, 0) is 0 Å². The van der Waals surface area contributed by atoms with Crippen LogP contribution < -0.4 is 5.32 Å². The minimum absolute atomic E-state index is 0.0462. The van der Waals surface area contributed by atoms with Gasteiger partial charge in [-0.25, -0.2) is 0 Å². The van der Waals surface area contributed by atoms with Gasteiger partial charge in [-0.1, -0.05) is 12.1 Å². The number of hydrogen-bond donors (Lipinski definition) is 2. The van der Waals surface area contributed by atoms with Gasteiger partial charge in [0.25, 0.3) is 0 Å². The van der Waals surface area contributed by atoms with Gasteiger partial charge in [0.2, 0.25) is 0 Å². The Morgan fingerprint density at radius 1 is 1.36 bits per heavy atom. The van der Waals surface area contributed by atoms with E-state index in [1.54, 1.807) is 6.21 Å². The molecule has 1 heterocycles. The van der Waals surface area contributed by atoms with E-state index in [9.17, 15) is 0 Å². The number of anilines is 1. The van der Waals surface area contributed by atoms with Crippen molar-refractivity contribution in [2.75, 3.05) is 5.32 Å². The highest BCUT2D eigenvalue weighted by atomic mass is 32.1. The van der Waals surface area contributed by atoms with Crippen molar-refractivity contribution in [3.8, 4) is 0 Å². The Bertz CT molecular complexity index is 296. The Balaban J connectivity index is 2.46. The van der Waals surface area contributed by atoms with Crippen LogP contribution in [0.5, 0.6) is 0 Å². The van der Waals surface area contributed by atoms with Crippen molar-refractivity contribution in [2.24, 2.45) is 4.99 Å². The molecule has 1 aromatic rings. The maximum Gasteiger partial charge on any atom is 0.105 e. The maximum absolute atomic E-state index is 4.23. The van der Waals surface area contributed by atoms with E-state index in [0.717, 1.165) is 11.4 Å². The number of fused-ring (bicyclic) bond motifs is 1. The predicted molar refractivity (Wildman–Crippen MR) is 51.0 cm³/mol. The van der Waals surface area contributed by atoms with Crippen molar-refractivity contribution in [3.63, 3.8) is 0 Å². The molecule has 11 heavy (non-hydrogen) atoms. The standard InChI is InChI=1S/C8H8N2S/c11-8-5-9-6-3-1-2-4-7(6)10-8/h1-5,8,10-11H. The third-order valence-corrected chi connectivity index (χ3v) is 1.82. The fourth-order valence-electron chi connectivity index (χ4n) is 1.06. The van der Waals surface area contributed by atoms with Crippen molar-refractivity contribution in [2.45, 2.75) is 5.37 Å². The molecule has 0 bridgehead atoms. The molecule has 3 heteroatoms. The molecule has 56 valence electrons. The van der Waals surface area contributed by atoms with E-state index in [-0.39, 0.29) is 5.37 Å². The molecule has 0 aliphatic carbocycles. The molecule has 0 spiro atoms. The van der Waals surface area contributed by atoms with Gasteiger partial charge in [-0.2, -0.15) is 0 Å². The Labute approximate surface area is 70.8 Å². The Hall–Kier alpha value is -0.960. The van der Waals surface area contributed by atoms with Crippen molar-refractivity contribution >= 4 is 30.2 Å². The molecule has 0 saturated heterocycles. The maximum atomic E-state index is 4.23. The van der Waals surface area contributed by atoms with E-state index in [1.165, 1.54) is 0 Å². The third kappa shape index (κ3) is 1.24. The van der Waals surface area contributed by atoms with E-state index in [0.29, 0.717) is 0 Å². The van der Waals surface area contributed by atoms with Crippen LogP contribution in [0.4, 0.5) is 11.4 Å². The quantitative estimate of drug-likeness (QED) is 0.564. The summed E-state index contributed by atoms with van der Waals surface area (Å²) in [6, 6.07) is 7.91. The molecule has 1 aliphatic rings. The van der Waals surface area contributed by atoms with Gasteiger partial charge < -0.3 is 5.32 Å². The second-order valence-electron chi connectivity index (χ2n) is 2.38. The lowest BCUT2D eigenvalue weighted by Crippen LogP contribution is -2.16. The molecule has 1 aromatic carbocycles. The van der Waals surface area contributed by atoms with Crippen molar-refractivity contribution < 1.29 is 0 Å². The lowest BCUT2D eigenvalue weighted by Gasteiger charge is -2.16. The SMILES string of the molecule is SC1C=Nc2ccccc2N1. The fourth-order valence-corrected chi connectivity index (χ4v) is 1.26. The molecule has 1 N–H and O–H groups in total. The number of nitrogens with zero attached hydrogens (tertiary/aromatic N) is 1. The second kappa shape index (κ2) is 2.58. The molecule has 0 amide bonds. The van der Waals surface area contributed by atoms with Gasteiger partial charge in [-0.3, -0.25) is 4.99 Å². The number of thiol groups is 1. The zero-order valence-electron chi connectivity index (χ0n) is 5.86. The number of benzene rings is 1.